The second-order valence-corrected chi connectivity index (χ2v) is 8.54. The van der Waals surface area contributed by atoms with Crippen molar-refractivity contribution >= 4 is 27.3 Å². The Hall–Kier alpha value is -3.90. The molecule has 0 aliphatic rings. The highest BCUT2D eigenvalue weighted by Gasteiger charge is 2.16. The van der Waals surface area contributed by atoms with E-state index < -0.39 is 10.0 Å². The number of nitrogens with one attached hydrogen (secondary N) is 2. The maximum Gasteiger partial charge on any atom is 0.261 e. The van der Waals surface area contributed by atoms with E-state index in [1.807, 2.05) is 42.5 Å². The monoisotopic (exact) mass is 428 g/mol. The molecule has 0 saturated heterocycles. The van der Waals surface area contributed by atoms with Crippen LogP contribution in [0.25, 0.3) is 11.1 Å². The zero-order chi connectivity index (χ0) is 21.7. The number of carbonyl (C=O) groups excluding carboxylic acids is 1. The summed E-state index contributed by atoms with van der Waals surface area (Å²) in [6.07, 6.45) is 0. The first-order chi connectivity index (χ1) is 15.0. The summed E-state index contributed by atoms with van der Waals surface area (Å²) in [7, 11) is -3.77. The molecule has 4 rings (SSSR count). The molecule has 4 aromatic carbocycles. The van der Waals surface area contributed by atoms with Crippen LogP contribution in [0.3, 0.4) is 0 Å². The van der Waals surface area contributed by atoms with Gasteiger partial charge >= 0.3 is 0 Å². The van der Waals surface area contributed by atoms with E-state index in [0.29, 0.717) is 16.9 Å². The number of anilines is 2. The molecule has 0 fully saturated rings. The van der Waals surface area contributed by atoms with Gasteiger partial charge in [0.1, 0.15) is 0 Å². The van der Waals surface area contributed by atoms with Crippen LogP contribution in [-0.4, -0.2) is 14.3 Å². The summed E-state index contributed by atoms with van der Waals surface area (Å²) in [6, 6.07) is 31.9. The van der Waals surface area contributed by atoms with Gasteiger partial charge in [-0.2, -0.15) is 0 Å². The third-order valence-electron chi connectivity index (χ3n) is 4.73. The minimum atomic E-state index is -3.77. The summed E-state index contributed by atoms with van der Waals surface area (Å²) < 4.78 is 27.9. The van der Waals surface area contributed by atoms with E-state index in [9.17, 15) is 13.2 Å². The molecule has 0 unspecified atom stereocenters. The highest BCUT2D eigenvalue weighted by molar-refractivity contribution is 7.92. The minimum absolute atomic E-state index is 0.146. The molecule has 0 atom stereocenters. The normalized spacial score (nSPS) is 11.0. The van der Waals surface area contributed by atoms with Crippen LogP contribution in [0.15, 0.2) is 114 Å². The summed E-state index contributed by atoms with van der Waals surface area (Å²) in [5.74, 6) is -0.328. The Balaban J connectivity index is 1.53. The second kappa shape index (κ2) is 8.85. The average Bonchev–Trinajstić information content (AvgIpc) is 2.81. The first-order valence-corrected chi connectivity index (χ1v) is 11.1. The molecule has 0 aliphatic heterocycles. The van der Waals surface area contributed by atoms with Crippen molar-refractivity contribution in [3.63, 3.8) is 0 Å². The Labute approximate surface area is 181 Å². The summed E-state index contributed by atoms with van der Waals surface area (Å²) in [5, 5.41) is 2.79. The van der Waals surface area contributed by atoms with Gasteiger partial charge in [-0.1, -0.05) is 72.8 Å². The van der Waals surface area contributed by atoms with Crippen molar-refractivity contribution in [2.45, 2.75) is 4.90 Å². The van der Waals surface area contributed by atoms with Crippen LogP contribution < -0.4 is 10.0 Å². The number of benzene rings is 4. The van der Waals surface area contributed by atoms with Crippen LogP contribution in [0, 0.1) is 0 Å². The Morgan fingerprint density at radius 2 is 1.10 bits per heavy atom. The van der Waals surface area contributed by atoms with Crippen LogP contribution in [-0.2, 0) is 10.0 Å². The van der Waals surface area contributed by atoms with Gasteiger partial charge in [0, 0.05) is 5.56 Å². The van der Waals surface area contributed by atoms with Crippen LogP contribution >= 0.6 is 0 Å². The number of amides is 1. The molecule has 5 nitrogen and oxygen atoms in total. The van der Waals surface area contributed by atoms with Gasteiger partial charge < -0.3 is 5.32 Å². The highest BCUT2D eigenvalue weighted by atomic mass is 32.2. The molecule has 1 amide bonds. The van der Waals surface area contributed by atoms with E-state index in [4.69, 9.17) is 0 Å². The van der Waals surface area contributed by atoms with Gasteiger partial charge in [0.25, 0.3) is 15.9 Å². The van der Waals surface area contributed by atoms with Crippen molar-refractivity contribution in [3.05, 3.63) is 115 Å². The number of hydrogen-bond donors (Lipinski definition) is 2. The molecule has 6 heteroatoms. The maximum atomic E-state index is 12.8. The molecule has 2 N–H and O–H groups in total. The summed E-state index contributed by atoms with van der Waals surface area (Å²) in [6.45, 7) is 0. The Bertz CT molecular complexity index is 1290. The molecule has 0 spiro atoms. The fraction of sp³-hybridized carbons (Fsp3) is 0. The van der Waals surface area contributed by atoms with E-state index in [-0.39, 0.29) is 10.8 Å². The van der Waals surface area contributed by atoms with Crippen molar-refractivity contribution in [2.75, 3.05) is 10.0 Å². The lowest BCUT2D eigenvalue weighted by Crippen LogP contribution is -2.17. The van der Waals surface area contributed by atoms with Crippen LogP contribution in [0.2, 0.25) is 0 Å². The zero-order valence-corrected chi connectivity index (χ0v) is 17.3. The SMILES string of the molecule is O=C(Nc1ccccc1NS(=O)(=O)c1ccccc1)c1ccc(-c2ccccc2)cc1. The molecule has 0 bridgehead atoms. The van der Waals surface area contributed by atoms with Crippen LogP contribution in [0.4, 0.5) is 11.4 Å². The third-order valence-corrected chi connectivity index (χ3v) is 6.11. The van der Waals surface area contributed by atoms with Crippen molar-refractivity contribution in [1.29, 1.82) is 0 Å². The highest BCUT2D eigenvalue weighted by Crippen LogP contribution is 2.25. The van der Waals surface area contributed by atoms with Crippen molar-refractivity contribution in [1.82, 2.24) is 0 Å². The summed E-state index contributed by atoms with van der Waals surface area (Å²) >= 11 is 0. The van der Waals surface area contributed by atoms with Gasteiger partial charge in [-0.3, -0.25) is 9.52 Å². The maximum absolute atomic E-state index is 12.8. The molecular formula is C25H20N2O3S. The van der Waals surface area contributed by atoms with E-state index in [1.165, 1.54) is 12.1 Å². The van der Waals surface area contributed by atoms with Crippen molar-refractivity contribution in [2.24, 2.45) is 0 Å². The largest absolute Gasteiger partial charge is 0.320 e. The number of rotatable bonds is 6. The molecule has 0 radical (unpaired) electrons. The molecular weight excluding hydrogens is 408 g/mol. The van der Waals surface area contributed by atoms with Gasteiger partial charge in [0.05, 0.1) is 16.3 Å². The number of hydrogen-bond acceptors (Lipinski definition) is 3. The molecule has 0 heterocycles. The Morgan fingerprint density at radius 1 is 0.581 bits per heavy atom. The molecule has 31 heavy (non-hydrogen) atoms. The fourth-order valence-electron chi connectivity index (χ4n) is 3.12. The van der Waals surface area contributed by atoms with Crippen LogP contribution in [0.1, 0.15) is 10.4 Å². The predicted octanol–water partition coefficient (Wildman–Crippen LogP) is 5.41. The average molecular weight is 429 g/mol. The lowest BCUT2D eigenvalue weighted by Gasteiger charge is -2.14. The topological polar surface area (TPSA) is 75.3 Å². The predicted molar refractivity (Wildman–Crippen MR) is 124 cm³/mol. The van der Waals surface area contributed by atoms with Gasteiger partial charge in [-0.25, -0.2) is 8.42 Å². The first-order valence-electron chi connectivity index (χ1n) is 9.67. The standard InChI is InChI=1S/C25H20N2O3S/c28-25(21-17-15-20(16-18-21)19-9-3-1-4-10-19)26-23-13-7-8-14-24(23)27-31(29,30)22-11-5-2-6-12-22/h1-18,27H,(H,26,28). The van der Waals surface area contributed by atoms with E-state index in [0.717, 1.165) is 11.1 Å². The van der Waals surface area contributed by atoms with E-state index >= 15 is 0 Å². The van der Waals surface area contributed by atoms with Crippen molar-refractivity contribution in [3.8, 4) is 11.1 Å². The zero-order valence-electron chi connectivity index (χ0n) is 16.5. The molecule has 4 aromatic rings. The van der Waals surface area contributed by atoms with Gasteiger partial charge in [-0.15, -0.1) is 0 Å². The lowest BCUT2D eigenvalue weighted by atomic mass is 10.0. The van der Waals surface area contributed by atoms with Crippen LogP contribution in [0.5, 0.6) is 0 Å². The number of para-hydroxylation sites is 2. The Morgan fingerprint density at radius 3 is 1.74 bits per heavy atom. The fourth-order valence-corrected chi connectivity index (χ4v) is 4.22. The van der Waals surface area contributed by atoms with Gasteiger partial charge in [0.15, 0.2) is 0 Å². The lowest BCUT2D eigenvalue weighted by molar-refractivity contribution is 0.102. The minimum Gasteiger partial charge on any atom is -0.320 e. The van der Waals surface area contributed by atoms with Crippen molar-refractivity contribution < 1.29 is 13.2 Å². The quantitative estimate of drug-likeness (QED) is 0.431. The second-order valence-electron chi connectivity index (χ2n) is 6.86. The van der Waals surface area contributed by atoms with E-state index in [1.54, 1.807) is 54.6 Å². The number of sulfonamides is 1. The third kappa shape index (κ3) is 4.82. The molecule has 0 aliphatic carbocycles. The number of carbonyl (C=O) groups is 1. The molecule has 154 valence electrons. The summed E-state index contributed by atoms with van der Waals surface area (Å²) in [4.78, 5) is 12.9. The smallest absolute Gasteiger partial charge is 0.261 e. The van der Waals surface area contributed by atoms with Gasteiger partial charge in [0.2, 0.25) is 0 Å². The summed E-state index contributed by atoms with van der Waals surface area (Å²) in [5.41, 5.74) is 3.21. The van der Waals surface area contributed by atoms with E-state index in [2.05, 4.69) is 10.0 Å². The van der Waals surface area contributed by atoms with Gasteiger partial charge in [-0.05, 0) is 47.5 Å². The molecule has 0 aromatic heterocycles. The Kier molecular flexibility index (Phi) is 5.82. The first kappa shape index (κ1) is 20.4. The molecule has 0 saturated carbocycles.